The van der Waals surface area contributed by atoms with Gasteiger partial charge in [-0.1, -0.05) is 12.2 Å². The molecule has 0 spiro atoms. The maximum atomic E-state index is 11.6. The Balaban J connectivity index is 3.92. The fourth-order valence-electron chi connectivity index (χ4n) is 1.01. The molecule has 0 aromatic heterocycles. The number of rotatable bonds is 6. The van der Waals surface area contributed by atoms with Gasteiger partial charge in [0.2, 0.25) is 5.91 Å². The molecule has 0 rings (SSSR count). The van der Waals surface area contributed by atoms with Gasteiger partial charge in [0.05, 0.1) is 10.9 Å². The van der Waals surface area contributed by atoms with Crippen molar-refractivity contribution in [1.29, 1.82) is 0 Å². The molecule has 14 heavy (non-hydrogen) atoms. The second-order valence-corrected chi connectivity index (χ2v) is 3.70. The number of ether oxygens (including phenoxy) is 1. The Kier molecular flexibility index (Phi) is 6.40. The van der Waals surface area contributed by atoms with Gasteiger partial charge in [-0.3, -0.25) is 4.79 Å². The fourth-order valence-corrected chi connectivity index (χ4v) is 1.11. The first-order chi connectivity index (χ1) is 6.50. The Morgan fingerprint density at radius 1 is 1.64 bits per heavy atom. The van der Waals surface area contributed by atoms with Crippen LogP contribution in [-0.2, 0) is 9.53 Å². The molecule has 0 saturated carbocycles. The highest BCUT2D eigenvalue weighted by molar-refractivity contribution is 7.80. The zero-order valence-electron chi connectivity index (χ0n) is 8.95. The lowest BCUT2D eigenvalue weighted by molar-refractivity contribution is -0.131. The Labute approximate surface area is 90.4 Å². The quantitative estimate of drug-likeness (QED) is 0.518. The topological polar surface area (TPSA) is 55.6 Å². The average Bonchev–Trinajstić information content (AvgIpc) is 2.15. The van der Waals surface area contributed by atoms with Gasteiger partial charge in [-0.05, 0) is 13.3 Å². The SMILES string of the molecule is COCCCN(C)C(=O)C(C)C(N)=S. The molecule has 0 aliphatic rings. The van der Waals surface area contributed by atoms with Crippen LogP contribution < -0.4 is 5.73 Å². The first kappa shape index (κ1) is 13.3. The molecule has 1 unspecified atom stereocenters. The molecule has 0 aliphatic heterocycles. The third kappa shape index (κ3) is 4.53. The van der Waals surface area contributed by atoms with Gasteiger partial charge in [-0.25, -0.2) is 0 Å². The van der Waals surface area contributed by atoms with Crippen molar-refractivity contribution in [3.63, 3.8) is 0 Å². The molecule has 0 bridgehead atoms. The van der Waals surface area contributed by atoms with Crippen molar-refractivity contribution in [2.45, 2.75) is 13.3 Å². The third-order valence-corrected chi connectivity index (χ3v) is 2.37. The zero-order chi connectivity index (χ0) is 11.1. The number of carbonyl (C=O) groups is 1. The predicted octanol–water partition coefficient (Wildman–Crippen LogP) is 0.404. The molecule has 0 aliphatic carbocycles. The van der Waals surface area contributed by atoms with Crippen molar-refractivity contribution in [1.82, 2.24) is 4.90 Å². The summed E-state index contributed by atoms with van der Waals surface area (Å²) in [5, 5.41) is 0. The molecule has 5 heteroatoms. The summed E-state index contributed by atoms with van der Waals surface area (Å²) < 4.78 is 4.89. The number of nitrogens with zero attached hydrogens (tertiary/aromatic N) is 1. The van der Waals surface area contributed by atoms with Crippen LogP contribution in [0.2, 0.25) is 0 Å². The molecule has 0 fully saturated rings. The number of methoxy groups -OCH3 is 1. The minimum atomic E-state index is -0.377. The van der Waals surface area contributed by atoms with Gasteiger partial charge in [0.25, 0.3) is 0 Å². The van der Waals surface area contributed by atoms with E-state index >= 15 is 0 Å². The van der Waals surface area contributed by atoms with Crippen LogP contribution in [0.25, 0.3) is 0 Å². The standard InChI is InChI=1S/C9H18N2O2S/c1-7(8(10)14)9(12)11(2)5-4-6-13-3/h7H,4-6H2,1-3H3,(H2,10,14). The minimum absolute atomic E-state index is 0.0337. The van der Waals surface area contributed by atoms with Gasteiger partial charge in [0, 0.05) is 27.3 Å². The highest BCUT2D eigenvalue weighted by atomic mass is 32.1. The van der Waals surface area contributed by atoms with Crippen molar-refractivity contribution in [3.8, 4) is 0 Å². The molecular weight excluding hydrogens is 200 g/mol. The van der Waals surface area contributed by atoms with Crippen LogP contribution in [-0.4, -0.2) is 43.1 Å². The van der Waals surface area contributed by atoms with Crippen molar-refractivity contribution in [2.24, 2.45) is 11.7 Å². The van der Waals surface area contributed by atoms with E-state index in [-0.39, 0.29) is 16.8 Å². The van der Waals surface area contributed by atoms with Crippen LogP contribution in [0.5, 0.6) is 0 Å². The lowest BCUT2D eigenvalue weighted by Gasteiger charge is -2.20. The molecule has 1 atom stereocenters. The average molecular weight is 218 g/mol. The highest BCUT2D eigenvalue weighted by Crippen LogP contribution is 2.01. The summed E-state index contributed by atoms with van der Waals surface area (Å²) in [6.07, 6.45) is 0.822. The maximum absolute atomic E-state index is 11.6. The second-order valence-electron chi connectivity index (χ2n) is 3.23. The Hall–Kier alpha value is -0.680. The van der Waals surface area contributed by atoms with E-state index in [2.05, 4.69) is 0 Å². The molecule has 0 heterocycles. The molecular formula is C9H18N2O2S. The van der Waals surface area contributed by atoms with Gasteiger partial charge in [-0.2, -0.15) is 0 Å². The molecule has 0 aromatic rings. The van der Waals surface area contributed by atoms with E-state index in [9.17, 15) is 4.79 Å². The zero-order valence-corrected chi connectivity index (χ0v) is 9.76. The van der Waals surface area contributed by atoms with Crippen LogP contribution in [0.4, 0.5) is 0 Å². The van der Waals surface area contributed by atoms with E-state index in [1.165, 1.54) is 0 Å². The van der Waals surface area contributed by atoms with E-state index in [4.69, 9.17) is 22.7 Å². The van der Waals surface area contributed by atoms with Crippen LogP contribution in [0.15, 0.2) is 0 Å². The van der Waals surface area contributed by atoms with Gasteiger partial charge < -0.3 is 15.4 Å². The molecule has 0 saturated heterocycles. The molecule has 0 aromatic carbocycles. The summed E-state index contributed by atoms with van der Waals surface area (Å²) in [7, 11) is 3.38. The van der Waals surface area contributed by atoms with Crippen LogP contribution in [0, 0.1) is 5.92 Å². The number of nitrogens with two attached hydrogens (primary N) is 1. The summed E-state index contributed by atoms with van der Waals surface area (Å²) in [5.74, 6) is -0.411. The lowest BCUT2D eigenvalue weighted by atomic mass is 10.1. The summed E-state index contributed by atoms with van der Waals surface area (Å²) >= 11 is 4.75. The molecule has 82 valence electrons. The molecule has 0 radical (unpaired) electrons. The number of thiocarbonyl (C=S) groups is 1. The Morgan fingerprint density at radius 3 is 2.64 bits per heavy atom. The lowest BCUT2D eigenvalue weighted by Crippen LogP contribution is -2.38. The highest BCUT2D eigenvalue weighted by Gasteiger charge is 2.18. The third-order valence-electron chi connectivity index (χ3n) is 2.02. The number of amides is 1. The Bertz CT molecular complexity index is 209. The predicted molar refractivity (Wildman–Crippen MR) is 60.1 cm³/mol. The Morgan fingerprint density at radius 2 is 2.21 bits per heavy atom. The minimum Gasteiger partial charge on any atom is -0.393 e. The number of carbonyl (C=O) groups excluding carboxylic acids is 1. The fraction of sp³-hybridized carbons (Fsp3) is 0.778. The first-order valence-electron chi connectivity index (χ1n) is 4.54. The number of hydrogen-bond donors (Lipinski definition) is 1. The number of hydrogen-bond acceptors (Lipinski definition) is 3. The smallest absolute Gasteiger partial charge is 0.231 e. The van der Waals surface area contributed by atoms with Gasteiger partial charge in [-0.15, -0.1) is 0 Å². The van der Waals surface area contributed by atoms with Crippen molar-refractivity contribution < 1.29 is 9.53 Å². The van der Waals surface area contributed by atoms with Gasteiger partial charge in [0.15, 0.2) is 0 Å². The van der Waals surface area contributed by atoms with Gasteiger partial charge in [0.1, 0.15) is 0 Å². The monoisotopic (exact) mass is 218 g/mol. The molecule has 4 nitrogen and oxygen atoms in total. The van der Waals surface area contributed by atoms with Crippen LogP contribution in [0.3, 0.4) is 0 Å². The summed E-state index contributed by atoms with van der Waals surface area (Å²) in [4.78, 5) is 13.5. The van der Waals surface area contributed by atoms with Crippen LogP contribution in [0.1, 0.15) is 13.3 Å². The van der Waals surface area contributed by atoms with Crippen LogP contribution >= 0.6 is 12.2 Å². The van der Waals surface area contributed by atoms with E-state index in [1.54, 1.807) is 26.0 Å². The first-order valence-corrected chi connectivity index (χ1v) is 4.94. The van der Waals surface area contributed by atoms with Crippen molar-refractivity contribution >= 4 is 23.1 Å². The van der Waals surface area contributed by atoms with Crippen molar-refractivity contribution in [3.05, 3.63) is 0 Å². The van der Waals surface area contributed by atoms with Crippen molar-refractivity contribution in [2.75, 3.05) is 27.3 Å². The van der Waals surface area contributed by atoms with Gasteiger partial charge >= 0.3 is 0 Å². The second kappa shape index (κ2) is 6.73. The van der Waals surface area contributed by atoms with E-state index in [0.29, 0.717) is 13.2 Å². The maximum Gasteiger partial charge on any atom is 0.231 e. The van der Waals surface area contributed by atoms with E-state index in [0.717, 1.165) is 6.42 Å². The normalized spacial score (nSPS) is 12.2. The summed E-state index contributed by atoms with van der Waals surface area (Å²) in [6, 6.07) is 0. The molecule has 1 amide bonds. The molecule has 2 N–H and O–H groups in total. The van der Waals surface area contributed by atoms with E-state index in [1.807, 2.05) is 0 Å². The van der Waals surface area contributed by atoms with E-state index < -0.39 is 0 Å². The largest absolute Gasteiger partial charge is 0.393 e. The summed E-state index contributed by atoms with van der Waals surface area (Å²) in [5.41, 5.74) is 5.39. The summed E-state index contributed by atoms with van der Waals surface area (Å²) in [6.45, 7) is 3.04.